The third-order valence-electron chi connectivity index (χ3n) is 4.81. The maximum atomic E-state index is 13.0. The number of anilines is 1. The van der Waals surface area contributed by atoms with Gasteiger partial charge in [0.25, 0.3) is 5.56 Å². The Morgan fingerprint density at radius 3 is 2.47 bits per heavy atom. The minimum atomic E-state index is -0.486. The van der Waals surface area contributed by atoms with Crippen molar-refractivity contribution in [3.05, 3.63) is 57.0 Å². The predicted octanol–water partition coefficient (Wildman–Crippen LogP) is 3.78. The quantitative estimate of drug-likeness (QED) is 0.458. The number of esters is 2. The molecule has 10 heteroatoms. The SMILES string of the molecule is CCCOC(=O)c1ccc(NC(=O)Cn2cnc3sc(C(=O)OCC(C)C)c(C)c3c2=O)cc1. The van der Waals surface area contributed by atoms with Crippen molar-refractivity contribution >= 4 is 45.1 Å². The first-order valence-electron chi connectivity index (χ1n) is 10.9. The molecule has 0 spiro atoms. The highest BCUT2D eigenvalue weighted by Crippen LogP contribution is 2.27. The fraction of sp³-hybridized carbons (Fsp3) is 0.375. The predicted molar refractivity (Wildman–Crippen MR) is 129 cm³/mol. The van der Waals surface area contributed by atoms with Crippen LogP contribution in [-0.4, -0.2) is 40.6 Å². The first-order chi connectivity index (χ1) is 16.2. The highest BCUT2D eigenvalue weighted by Gasteiger charge is 2.21. The molecule has 1 N–H and O–H groups in total. The third-order valence-corrected chi connectivity index (χ3v) is 5.99. The van der Waals surface area contributed by atoms with Gasteiger partial charge in [0.05, 0.1) is 30.5 Å². The molecule has 3 rings (SSSR count). The number of ether oxygens (including phenoxy) is 2. The summed E-state index contributed by atoms with van der Waals surface area (Å²) in [6, 6.07) is 6.29. The molecule has 34 heavy (non-hydrogen) atoms. The molecule has 0 atom stereocenters. The fourth-order valence-electron chi connectivity index (χ4n) is 3.10. The zero-order chi connectivity index (χ0) is 24.8. The van der Waals surface area contributed by atoms with Crippen molar-refractivity contribution in [2.75, 3.05) is 18.5 Å². The van der Waals surface area contributed by atoms with Crippen LogP contribution in [0.3, 0.4) is 0 Å². The lowest BCUT2D eigenvalue weighted by Gasteiger charge is -2.08. The summed E-state index contributed by atoms with van der Waals surface area (Å²) in [5.41, 5.74) is 0.936. The molecule has 0 aliphatic heterocycles. The van der Waals surface area contributed by atoms with Gasteiger partial charge in [-0.2, -0.15) is 0 Å². The molecule has 0 aliphatic carbocycles. The molecule has 0 saturated carbocycles. The number of rotatable bonds is 9. The van der Waals surface area contributed by atoms with Gasteiger partial charge in [-0.3, -0.25) is 14.2 Å². The van der Waals surface area contributed by atoms with E-state index in [2.05, 4.69) is 10.3 Å². The Morgan fingerprint density at radius 2 is 1.82 bits per heavy atom. The summed E-state index contributed by atoms with van der Waals surface area (Å²) in [6.07, 6.45) is 2.02. The number of benzene rings is 1. The Balaban J connectivity index is 1.72. The molecule has 0 fully saturated rings. The van der Waals surface area contributed by atoms with E-state index in [0.717, 1.165) is 17.8 Å². The average molecular weight is 486 g/mol. The number of fused-ring (bicyclic) bond motifs is 1. The van der Waals surface area contributed by atoms with E-state index in [1.54, 1.807) is 31.2 Å². The molecule has 3 aromatic rings. The van der Waals surface area contributed by atoms with Crippen molar-refractivity contribution in [3.63, 3.8) is 0 Å². The number of aryl methyl sites for hydroxylation is 1. The Morgan fingerprint density at radius 1 is 1.12 bits per heavy atom. The van der Waals surface area contributed by atoms with Crippen molar-refractivity contribution < 1.29 is 23.9 Å². The smallest absolute Gasteiger partial charge is 0.348 e. The van der Waals surface area contributed by atoms with Gasteiger partial charge in [0, 0.05) is 5.69 Å². The second kappa shape index (κ2) is 11.1. The summed E-state index contributed by atoms with van der Waals surface area (Å²) in [5.74, 6) is -1.16. The molecule has 180 valence electrons. The van der Waals surface area contributed by atoms with E-state index < -0.39 is 23.4 Å². The number of hydrogen-bond donors (Lipinski definition) is 1. The van der Waals surface area contributed by atoms with E-state index in [1.165, 1.54) is 10.9 Å². The molecule has 9 nitrogen and oxygen atoms in total. The van der Waals surface area contributed by atoms with E-state index in [4.69, 9.17) is 9.47 Å². The van der Waals surface area contributed by atoms with E-state index in [0.29, 0.717) is 38.5 Å². The second-order valence-electron chi connectivity index (χ2n) is 8.17. The number of carbonyl (C=O) groups excluding carboxylic acids is 3. The molecule has 2 aromatic heterocycles. The van der Waals surface area contributed by atoms with E-state index in [9.17, 15) is 19.2 Å². The average Bonchev–Trinajstić information content (AvgIpc) is 3.15. The third kappa shape index (κ3) is 5.88. The van der Waals surface area contributed by atoms with Crippen LogP contribution in [0.2, 0.25) is 0 Å². The zero-order valence-electron chi connectivity index (χ0n) is 19.5. The van der Waals surface area contributed by atoms with Gasteiger partial charge in [-0.1, -0.05) is 20.8 Å². The van der Waals surface area contributed by atoms with Crippen LogP contribution in [0, 0.1) is 12.8 Å². The maximum Gasteiger partial charge on any atom is 0.348 e. The van der Waals surface area contributed by atoms with Gasteiger partial charge in [0.2, 0.25) is 5.91 Å². The highest BCUT2D eigenvalue weighted by atomic mass is 32.1. The minimum Gasteiger partial charge on any atom is -0.462 e. The molecule has 0 saturated heterocycles. The number of amides is 1. The van der Waals surface area contributed by atoms with E-state index in [-0.39, 0.29) is 19.1 Å². The van der Waals surface area contributed by atoms with Crippen LogP contribution >= 0.6 is 11.3 Å². The molecular weight excluding hydrogens is 458 g/mol. The van der Waals surface area contributed by atoms with Gasteiger partial charge in [-0.05, 0) is 49.1 Å². The summed E-state index contributed by atoms with van der Waals surface area (Å²) in [5, 5.41) is 2.99. The maximum absolute atomic E-state index is 13.0. The minimum absolute atomic E-state index is 0.193. The first-order valence-corrected chi connectivity index (χ1v) is 11.8. The normalized spacial score (nSPS) is 11.0. The van der Waals surface area contributed by atoms with Crippen LogP contribution in [0.5, 0.6) is 0 Å². The lowest BCUT2D eigenvalue weighted by atomic mass is 10.2. The topological polar surface area (TPSA) is 117 Å². The number of thiophene rings is 1. The molecule has 1 amide bonds. The Labute approximate surface area is 200 Å². The number of carbonyl (C=O) groups is 3. The lowest BCUT2D eigenvalue weighted by Crippen LogP contribution is -2.28. The van der Waals surface area contributed by atoms with Crippen LogP contribution in [0.4, 0.5) is 5.69 Å². The zero-order valence-corrected chi connectivity index (χ0v) is 20.4. The molecular formula is C24H27N3O6S. The number of nitrogens with zero attached hydrogens (tertiary/aromatic N) is 2. The van der Waals surface area contributed by atoms with Crippen molar-refractivity contribution in [1.29, 1.82) is 0 Å². The summed E-state index contributed by atoms with van der Waals surface area (Å²) in [7, 11) is 0. The lowest BCUT2D eigenvalue weighted by molar-refractivity contribution is -0.116. The van der Waals surface area contributed by atoms with Crippen LogP contribution < -0.4 is 10.9 Å². The van der Waals surface area contributed by atoms with Crippen molar-refractivity contribution in [1.82, 2.24) is 9.55 Å². The Hall–Kier alpha value is -3.53. The molecule has 2 heterocycles. The van der Waals surface area contributed by atoms with Crippen LogP contribution in [-0.2, 0) is 20.8 Å². The second-order valence-corrected chi connectivity index (χ2v) is 9.17. The van der Waals surface area contributed by atoms with Crippen molar-refractivity contribution in [3.8, 4) is 0 Å². The molecule has 0 bridgehead atoms. The summed E-state index contributed by atoms with van der Waals surface area (Å²) in [4.78, 5) is 54.8. The molecule has 0 unspecified atom stereocenters. The highest BCUT2D eigenvalue weighted by molar-refractivity contribution is 7.20. The van der Waals surface area contributed by atoms with Crippen LogP contribution in [0.25, 0.3) is 10.2 Å². The Bertz CT molecular complexity index is 1260. The van der Waals surface area contributed by atoms with Gasteiger partial charge in [0.15, 0.2) is 0 Å². The number of nitrogens with one attached hydrogen (secondary N) is 1. The fourth-order valence-corrected chi connectivity index (χ4v) is 4.13. The van der Waals surface area contributed by atoms with Gasteiger partial charge < -0.3 is 14.8 Å². The van der Waals surface area contributed by atoms with Gasteiger partial charge in [-0.25, -0.2) is 14.6 Å². The standard InChI is InChI=1S/C24H27N3O6S/c1-5-10-32-23(30)16-6-8-17(9-7-16)26-18(28)11-27-13-25-21-19(22(27)29)15(4)20(34-21)24(31)33-12-14(2)3/h6-9,13-14H,5,10-12H2,1-4H3,(H,26,28). The number of aromatic nitrogens is 2. The van der Waals surface area contributed by atoms with Gasteiger partial charge >= 0.3 is 11.9 Å². The molecule has 0 radical (unpaired) electrons. The van der Waals surface area contributed by atoms with Crippen LogP contribution in [0.1, 0.15) is 52.8 Å². The molecule has 0 aliphatic rings. The summed E-state index contributed by atoms with van der Waals surface area (Å²) >= 11 is 1.10. The van der Waals surface area contributed by atoms with Gasteiger partial charge in [-0.15, -0.1) is 11.3 Å². The van der Waals surface area contributed by atoms with Gasteiger partial charge in [0.1, 0.15) is 16.3 Å². The monoisotopic (exact) mass is 485 g/mol. The number of hydrogen-bond acceptors (Lipinski definition) is 8. The van der Waals surface area contributed by atoms with E-state index in [1.807, 2.05) is 20.8 Å². The Kier molecular flexibility index (Phi) is 8.17. The van der Waals surface area contributed by atoms with Crippen LogP contribution in [0.15, 0.2) is 35.4 Å². The molecule has 1 aromatic carbocycles. The largest absolute Gasteiger partial charge is 0.462 e. The van der Waals surface area contributed by atoms with Crippen molar-refractivity contribution in [2.24, 2.45) is 5.92 Å². The summed E-state index contributed by atoms with van der Waals surface area (Å²) < 4.78 is 11.6. The van der Waals surface area contributed by atoms with Crippen molar-refractivity contribution in [2.45, 2.75) is 40.7 Å². The van der Waals surface area contributed by atoms with E-state index >= 15 is 0 Å². The first kappa shape index (κ1) is 25.1. The summed E-state index contributed by atoms with van der Waals surface area (Å²) in [6.45, 7) is 7.82.